The number of carbonyl (C=O) groups is 1. The molecule has 1 aliphatic carbocycles. The zero-order chi connectivity index (χ0) is 16.0. The maximum absolute atomic E-state index is 11.9. The average Bonchev–Trinajstić information content (AvgIpc) is 3.28. The Morgan fingerprint density at radius 2 is 2.13 bits per heavy atom. The SMILES string of the molecule is Cc1cccc(Cl)c1-c1ccc2nc(NC(=O)C3CC3)sc2c1. The van der Waals surface area contributed by atoms with E-state index in [-0.39, 0.29) is 11.8 Å². The first-order chi connectivity index (χ1) is 11.1. The second kappa shape index (κ2) is 5.62. The molecule has 0 saturated heterocycles. The van der Waals surface area contributed by atoms with Crippen molar-refractivity contribution in [2.24, 2.45) is 5.92 Å². The number of aryl methyl sites for hydroxylation is 1. The molecule has 1 fully saturated rings. The van der Waals surface area contributed by atoms with Crippen molar-refractivity contribution >= 4 is 44.2 Å². The van der Waals surface area contributed by atoms with Crippen molar-refractivity contribution in [1.29, 1.82) is 0 Å². The molecular formula is C18H15ClN2OS. The van der Waals surface area contributed by atoms with E-state index in [1.807, 2.05) is 24.3 Å². The molecule has 1 amide bonds. The van der Waals surface area contributed by atoms with Crippen LogP contribution in [-0.4, -0.2) is 10.9 Å². The quantitative estimate of drug-likeness (QED) is 0.704. The van der Waals surface area contributed by atoms with E-state index in [2.05, 4.69) is 29.4 Å². The number of hydrogen-bond acceptors (Lipinski definition) is 3. The molecule has 1 saturated carbocycles. The van der Waals surface area contributed by atoms with Gasteiger partial charge in [0.25, 0.3) is 0 Å². The van der Waals surface area contributed by atoms with Crippen molar-refractivity contribution in [3.05, 3.63) is 47.0 Å². The third kappa shape index (κ3) is 2.84. The van der Waals surface area contributed by atoms with Crippen molar-refractivity contribution < 1.29 is 4.79 Å². The van der Waals surface area contributed by atoms with Crippen LogP contribution in [0.1, 0.15) is 18.4 Å². The highest BCUT2D eigenvalue weighted by Gasteiger charge is 2.30. The minimum Gasteiger partial charge on any atom is -0.302 e. The van der Waals surface area contributed by atoms with Gasteiger partial charge < -0.3 is 5.32 Å². The monoisotopic (exact) mass is 342 g/mol. The highest BCUT2D eigenvalue weighted by atomic mass is 35.5. The summed E-state index contributed by atoms with van der Waals surface area (Å²) in [6.07, 6.45) is 1.99. The third-order valence-electron chi connectivity index (χ3n) is 4.08. The smallest absolute Gasteiger partial charge is 0.229 e. The second-order valence-electron chi connectivity index (χ2n) is 5.90. The van der Waals surface area contributed by atoms with Gasteiger partial charge >= 0.3 is 0 Å². The number of amides is 1. The molecule has 1 aromatic heterocycles. The summed E-state index contributed by atoms with van der Waals surface area (Å²) in [6.45, 7) is 2.05. The highest BCUT2D eigenvalue weighted by molar-refractivity contribution is 7.22. The first-order valence-corrected chi connectivity index (χ1v) is 8.78. The summed E-state index contributed by atoms with van der Waals surface area (Å²) in [7, 11) is 0. The second-order valence-corrected chi connectivity index (χ2v) is 7.33. The Labute approximate surface area is 143 Å². The van der Waals surface area contributed by atoms with Crippen LogP contribution in [0.25, 0.3) is 21.3 Å². The maximum Gasteiger partial charge on any atom is 0.229 e. The van der Waals surface area contributed by atoms with E-state index in [9.17, 15) is 4.79 Å². The standard InChI is InChI=1S/C18H15ClN2OS/c1-10-3-2-4-13(19)16(10)12-7-8-14-15(9-12)23-18(20-14)21-17(22)11-5-6-11/h2-4,7-9,11H,5-6H2,1H3,(H,20,21,22). The van der Waals surface area contributed by atoms with Crippen molar-refractivity contribution in [2.75, 3.05) is 5.32 Å². The largest absolute Gasteiger partial charge is 0.302 e. The van der Waals surface area contributed by atoms with Crippen LogP contribution >= 0.6 is 22.9 Å². The topological polar surface area (TPSA) is 42.0 Å². The molecule has 3 nitrogen and oxygen atoms in total. The van der Waals surface area contributed by atoms with Crippen LogP contribution < -0.4 is 5.32 Å². The van der Waals surface area contributed by atoms with Gasteiger partial charge in [-0.15, -0.1) is 0 Å². The van der Waals surface area contributed by atoms with Crippen LogP contribution in [0.5, 0.6) is 0 Å². The zero-order valence-corrected chi connectivity index (χ0v) is 14.2. The Morgan fingerprint density at radius 3 is 2.87 bits per heavy atom. The lowest BCUT2D eigenvalue weighted by Gasteiger charge is -2.08. The molecule has 5 heteroatoms. The molecule has 1 N–H and O–H groups in total. The summed E-state index contributed by atoms with van der Waals surface area (Å²) in [5, 5.41) is 4.34. The van der Waals surface area contributed by atoms with E-state index in [1.54, 1.807) is 0 Å². The predicted molar refractivity (Wildman–Crippen MR) is 96.2 cm³/mol. The number of aromatic nitrogens is 1. The van der Waals surface area contributed by atoms with Gasteiger partial charge in [-0.05, 0) is 49.1 Å². The lowest BCUT2D eigenvalue weighted by Crippen LogP contribution is -2.12. The fourth-order valence-corrected chi connectivity index (χ4v) is 3.92. The van der Waals surface area contributed by atoms with Gasteiger partial charge in [0.1, 0.15) is 0 Å². The van der Waals surface area contributed by atoms with E-state index in [1.165, 1.54) is 11.3 Å². The van der Waals surface area contributed by atoms with Gasteiger partial charge in [-0.3, -0.25) is 4.79 Å². The van der Waals surface area contributed by atoms with Gasteiger partial charge in [-0.25, -0.2) is 4.98 Å². The molecule has 0 atom stereocenters. The number of benzene rings is 2. The Bertz CT molecular complexity index is 894. The fourth-order valence-electron chi connectivity index (χ4n) is 2.68. The Hall–Kier alpha value is -1.91. The van der Waals surface area contributed by atoms with Gasteiger partial charge in [0.2, 0.25) is 5.91 Å². The molecule has 116 valence electrons. The molecule has 0 unspecified atom stereocenters. The number of anilines is 1. The molecule has 1 heterocycles. The van der Waals surface area contributed by atoms with Crippen molar-refractivity contribution in [3.8, 4) is 11.1 Å². The molecule has 0 bridgehead atoms. The van der Waals surface area contributed by atoms with Crippen LogP contribution in [0.2, 0.25) is 5.02 Å². The molecule has 3 aromatic rings. The van der Waals surface area contributed by atoms with E-state index in [0.717, 1.165) is 44.8 Å². The van der Waals surface area contributed by atoms with Crippen LogP contribution in [0.3, 0.4) is 0 Å². The summed E-state index contributed by atoms with van der Waals surface area (Å²) >= 11 is 7.87. The zero-order valence-electron chi connectivity index (χ0n) is 12.6. The van der Waals surface area contributed by atoms with Crippen molar-refractivity contribution in [2.45, 2.75) is 19.8 Å². The van der Waals surface area contributed by atoms with Crippen LogP contribution in [0, 0.1) is 12.8 Å². The van der Waals surface area contributed by atoms with E-state index in [4.69, 9.17) is 11.6 Å². The number of nitrogens with zero attached hydrogens (tertiary/aromatic N) is 1. The molecule has 0 spiro atoms. The Morgan fingerprint density at radius 1 is 1.30 bits per heavy atom. The minimum atomic E-state index is 0.0891. The van der Waals surface area contributed by atoms with Crippen LogP contribution in [0.15, 0.2) is 36.4 Å². The van der Waals surface area contributed by atoms with Gasteiger partial charge in [0.05, 0.1) is 10.2 Å². The Balaban J connectivity index is 1.71. The summed E-state index contributed by atoms with van der Waals surface area (Å²) in [5.41, 5.74) is 4.16. The molecule has 4 rings (SSSR count). The maximum atomic E-state index is 11.9. The fraction of sp³-hybridized carbons (Fsp3) is 0.222. The number of rotatable bonds is 3. The molecule has 23 heavy (non-hydrogen) atoms. The van der Waals surface area contributed by atoms with Gasteiger partial charge in [-0.1, -0.05) is 41.1 Å². The Kier molecular flexibility index (Phi) is 3.58. The number of nitrogens with one attached hydrogen (secondary N) is 1. The third-order valence-corrected chi connectivity index (χ3v) is 5.33. The molecule has 1 aliphatic rings. The molecular weight excluding hydrogens is 328 g/mol. The van der Waals surface area contributed by atoms with Crippen molar-refractivity contribution in [1.82, 2.24) is 4.98 Å². The first-order valence-electron chi connectivity index (χ1n) is 7.59. The molecule has 2 aromatic carbocycles. The normalized spacial score (nSPS) is 14.2. The number of hydrogen-bond donors (Lipinski definition) is 1. The predicted octanol–water partition coefficient (Wildman–Crippen LogP) is 5.27. The number of carbonyl (C=O) groups excluding carboxylic acids is 1. The van der Waals surface area contributed by atoms with E-state index >= 15 is 0 Å². The summed E-state index contributed by atoms with van der Waals surface area (Å²) < 4.78 is 1.05. The molecule has 0 aliphatic heterocycles. The van der Waals surface area contributed by atoms with E-state index < -0.39 is 0 Å². The minimum absolute atomic E-state index is 0.0891. The van der Waals surface area contributed by atoms with Crippen LogP contribution in [0.4, 0.5) is 5.13 Å². The van der Waals surface area contributed by atoms with Crippen LogP contribution in [-0.2, 0) is 4.79 Å². The lowest BCUT2D eigenvalue weighted by molar-refractivity contribution is -0.117. The van der Waals surface area contributed by atoms with E-state index in [0.29, 0.717) is 5.13 Å². The summed E-state index contributed by atoms with van der Waals surface area (Å²) in [4.78, 5) is 16.4. The van der Waals surface area contributed by atoms with Gasteiger partial charge in [-0.2, -0.15) is 0 Å². The molecule has 0 radical (unpaired) electrons. The number of halogens is 1. The summed E-state index contributed by atoms with van der Waals surface area (Å²) in [6, 6.07) is 12.0. The lowest BCUT2D eigenvalue weighted by atomic mass is 10.0. The summed E-state index contributed by atoms with van der Waals surface area (Å²) in [5.74, 6) is 0.273. The highest BCUT2D eigenvalue weighted by Crippen LogP contribution is 2.36. The average molecular weight is 343 g/mol. The van der Waals surface area contributed by atoms with Gasteiger partial charge in [0, 0.05) is 16.5 Å². The van der Waals surface area contributed by atoms with Gasteiger partial charge in [0.15, 0.2) is 5.13 Å². The number of fused-ring (bicyclic) bond motifs is 1. The number of thiazole rings is 1. The van der Waals surface area contributed by atoms with Crippen molar-refractivity contribution in [3.63, 3.8) is 0 Å². The first kappa shape index (κ1) is 14.7.